The number of ether oxygens (including phenoxy) is 2. The minimum Gasteiger partial charge on any atom is -0.346 e. The summed E-state index contributed by atoms with van der Waals surface area (Å²) in [6.45, 7) is 6.46. The molecule has 6 heteroatoms. The Balaban J connectivity index is 2.15. The van der Waals surface area contributed by atoms with E-state index in [1.165, 1.54) is 0 Å². The minimum absolute atomic E-state index is 0.0505. The van der Waals surface area contributed by atoms with Crippen LogP contribution in [0.15, 0.2) is 59.5 Å². The highest BCUT2D eigenvalue weighted by Crippen LogP contribution is 2.31. The van der Waals surface area contributed by atoms with Gasteiger partial charge in [-0.3, -0.25) is 4.18 Å². The van der Waals surface area contributed by atoms with E-state index in [1.807, 2.05) is 51.1 Å². The van der Waals surface area contributed by atoms with Crippen LogP contribution in [-0.2, 0) is 29.6 Å². The molecule has 0 aliphatic heterocycles. The summed E-state index contributed by atoms with van der Waals surface area (Å²) in [6.07, 6.45) is 0.254. The number of benzene rings is 2. The van der Waals surface area contributed by atoms with Crippen LogP contribution in [0.4, 0.5) is 0 Å². The van der Waals surface area contributed by atoms with Crippen LogP contribution >= 0.6 is 0 Å². The van der Waals surface area contributed by atoms with E-state index < -0.39 is 15.9 Å². The van der Waals surface area contributed by atoms with Crippen molar-refractivity contribution in [1.29, 1.82) is 0 Å². The van der Waals surface area contributed by atoms with E-state index in [0.29, 0.717) is 13.2 Å². The number of aryl methyl sites for hydroxylation is 1. The molecule has 0 bridgehead atoms. The van der Waals surface area contributed by atoms with Gasteiger partial charge in [-0.2, -0.15) is 8.42 Å². The molecule has 0 saturated heterocycles. The molecule has 0 fully saturated rings. The van der Waals surface area contributed by atoms with Crippen LogP contribution in [0.25, 0.3) is 0 Å². The molecule has 0 heterocycles. The molecule has 0 saturated carbocycles. The molecule has 0 aromatic heterocycles. The lowest BCUT2D eigenvalue weighted by Gasteiger charge is -2.33. The Morgan fingerprint density at radius 1 is 0.885 bits per heavy atom. The Bertz CT molecular complexity index is 764. The van der Waals surface area contributed by atoms with Crippen LogP contribution in [0.5, 0.6) is 0 Å². The van der Waals surface area contributed by atoms with Gasteiger partial charge in [0.1, 0.15) is 0 Å². The SMILES string of the molecule is CCOC(CCOS(=O)(=O)c1ccc(C)cc1)(OCC)c1ccccc1. The van der Waals surface area contributed by atoms with E-state index in [4.69, 9.17) is 13.7 Å². The second kappa shape index (κ2) is 9.28. The Kier molecular flexibility index (Phi) is 7.34. The van der Waals surface area contributed by atoms with Crippen molar-refractivity contribution in [1.82, 2.24) is 0 Å². The highest BCUT2D eigenvalue weighted by molar-refractivity contribution is 7.86. The van der Waals surface area contributed by atoms with Crippen LogP contribution in [0.1, 0.15) is 31.4 Å². The topological polar surface area (TPSA) is 61.8 Å². The van der Waals surface area contributed by atoms with Gasteiger partial charge in [0.25, 0.3) is 10.1 Å². The average Bonchev–Trinajstić information content (AvgIpc) is 2.63. The van der Waals surface area contributed by atoms with Gasteiger partial charge in [0, 0.05) is 25.2 Å². The number of hydrogen-bond acceptors (Lipinski definition) is 5. The molecule has 26 heavy (non-hydrogen) atoms. The van der Waals surface area contributed by atoms with E-state index in [1.54, 1.807) is 24.3 Å². The average molecular weight is 378 g/mol. The maximum absolute atomic E-state index is 12.4. The van der Waals surface area contributed by atoms with Crippen molar-refractivity contribution in [3.05, 3.63) is 65.7 Å². The van der Waals surface area contributed by atoms with E-state index in [-0.39, 0.29) is 17.9 Å². The van der Waals surface area contributed by atoms with E-state index in [9.17, 15) is 8.42 Å². The maximum atomic E-state index is 12.4. The molecule has 0 atom stereocenters. The van der Waals surface area contributed by atoms with Gasteiger partial charge in [0.05, 0.1) is 11.5 Å². The summed E-state index contributed by atoms with van der Waals surface area (Å²) in [5.74, 6) is -1.03. The van der Waals surface area contributed by atoms with Gasteiger partial charge < -0.3 is 9.47 Å². The summed E-state index contributed by atoms with van der Waals surface area (Å²) in [4.78, 5) is 0.140. The zero-order valence-electron chi connectivity index (χ0n) is 15.5. The molecule has 5 nitrogen and oxygen atoms in total. The van der Waals surface area contributed by atoms with Gasteiger partial charge in [-0.15, -0.1) is 0 Å². The number of rotatable bonds is 10. The Labute approximate surface area is 156 Å². The fourth-order valence-electron chi connectivity index (χ4n) is 2.71. The van der Waals surface area contributed by atoms with Crippen LogP contribution < -0.4 is 0 Å². The van der Waals surface area contributed by atoms with Crippen molar-refractivity contribution >= 4 is 10.1 Å². The predicted molar refractivity (Wildman–Crippen MR) is 100 cm³/mol. The highest BCUT2D eigenvalue weighted by Gasteiger charge is 2.34. The standard InChI is InChI=1S/C20H26O5S/c1-4-23-20(24-5-2,18-9-7-6-8-10-18)15-16-25-26(21,22)19-13-11-17(3)12-14-19/h6-14H,4-5,15-16H2,1-3H3. The van der Waals surface area contributed by atoms with Gasteiger partial charge in [0.2, 0.25) is 0 Å². The minimum atomic E-state index is -3.82. The molecule has 0 aliphatic carbocycles. The van der Waals surface area contributed by atoms with Gasteiger partial charge in [-0.25, -0.2) is 0 Å². The summed E-state index contributed by atoms with van der Waals surface area (Å²) in [6, 6.07) is 16.1. The summed E-state index contributed by atoms with van der Waals surface area (Å²) in [5, 5.41) is 0. The van der Waals surface area contributed by atoms with Crippen molar-refractivity contribution in [2.45, 2.75) is 37.9 Å². The third-order valence-corrected chi connectivity index (χ3v) is 5.27. The van der Waals surface area contributed by atoms with Crippen LogP contribution in [0, 0.1) is 6.92 Å². The second-order valence-corrected chi connectivity index (χ2v) is 7.44. The third kappa shape index (κ3) is 5.14. The van der Waals surface area contributed by atoms with Gasteiger partial charge in [-0.1, -0.05) is 48.0 Å². The van der Waals surface area contributed by atoms with Crippen molar-refractivity contribution in [2.75, 3.05) is 19.8 Å². The van der Waals surface area contributed by atoms with Gasteiger partial charge in [0.15, 0.2) is 5.79 Å². The van der Waals surface area contributed by atoms with E-state index >= 15 is 0 Å². The fourth-order valence-corrected chi connectivity index (χ4v) is 3.62. The smallest absolute Gasteiger partial charge is 0.296 e. The highest BCUT2D eigenvalue weighted by atomic mass is 32.2. The molecular weight excluding hydrogens is 352 g/mol. The molecular formula is C20H26O5S. The molecule has 0 spiro atoms. The van der Waals surface area contributed by atoms with Crippen molar-refractivity contribution in [3.63, 3.8) is 0 Å². The molecule has 142 valence electrons. The maximum Gasteiger partial charge on any atom is 0.296 e. The first-order valence-corrected chi connectivity index (χ1v) is 10.1. The molecule has 2 rings (SSSR count). The quantitative estimate of drug-likeness (QED) is 0.462. The zero-order chi connectivity index (χ0) is 19.0. The van der Waals surface area contributed by atoms with Crippen LogP contribution in [-0.4, -0.2) is 28.2 Å². The first-order valence-electron chi connectivity index (χ1n) is 8.73. The molecule has 0 aliphatic rings. The van der Waals surface area contributed by atoms with Gasteiger partial charge in [-0.05, 0) is 32.9 Å². The first kappa shape index (κ1) is 20.6. The zero-order valence-corrected chi connectivity index (χ0v) is 16.3. The van der Waals surface area contributed by atoms with Crippen LogP contribution in [0.3, 0.4) is 0 Å². The lowest BCUT2D eigenvalue weighted by molar-refractivity contribution is -0.249. The second-order valence-electron chi connectivity index (χ2n) is 5.82. The predicted octanol–water partition coefficient (Wildman–Crippen LogP) is 4.02. The Morgan fingerprint density at radius 3 is 2.00 bits per heavy atom. The lowest BCUT2D eigenvalue weighted by Crippen LogP contribution is -2.35. The normalized spacial score (nSPS) is 12.3. The van der Waals surface area contributed by atoms with Crippen molar-refractivity contribution in [2.24, 2.45) is 0 Å². The van der Waals surface area contributed by atoms with Crippen LogP contribution in [0.2, 0.25) is 0 Å². The largest absolute Gasteiger partial charge is 0.346 e. The van der Waals surface area contributed by atoms with E-state index in [2.05, 4.69) is 0 Å². The Morgan fingerprint density at radius 2 is 1.46 bits per heavy atom. The first-order chi connectivity index (χ1) is 12.4. The summed E-state index contributed by atoms with van der Waals surface area (Å²) < 4.78 is 41.8. The molecule has 0 N–H and O–H groups in total. The fraction of sp³-hybridized carbons (Fsp3) is 0.400. The Hall–Kier alpha value is -1.73. The summed E-state index contributed by atoms with van der Waals surface area (Å²) >= 11 is 0. The lowest BCUT2D eigenvalue weighted by atomic mass is 10.0. The molecule has 2 aromatic carbocycles. The van der Waals surface area contributed by atoms with E-state index in [0.717, 1.165) is 11.1 Å². The molecule has 0 unspecified atom stereocenters. The van der Waals surface area contributed by atoms with Crippen molar-refractivity contribution in [3.8, 4) is 0 Å². The third-order valence-electron chi connectivity index (χ3n) is 3.95. The molecule has 0 amide bonds. The summed E-state index contributed by atoms with van der Waals surface area (Å²) in [5.41, 5.74) is 1.82. The molecule has 0 radical (unpaired) electrons. The van der Waals surface area contributed by atoms with Gasteiger partial charge >= 0.3 is 0 Å². The summed E-state index contributed by atoms with van der Waals surface area (Å²) in [7, 11) is -3.82. The monoisotopic (exact) mass is 378 g/mol. The number of hydrogen-bond donors (Lipinski definition) is 0. The van der Waals surface area contributed by atoms with Crippen molar-refractivity contribution < 1.29 is 22.1 Å². The molecule has 2 aromatic rings.